The second-order valence-electron chi connectivity index (χ2n) is 9.28. The van der Waals surface area contributed by atoms with Gasteiger partial charge < -0.3 is 5.11 Å². The molecule has 11 heteroatoms. The summed E-state index contributed by atoms with van der Waals surface area (Å²) < 4.78 is 42.2. The fraction of sp³-hybridized carbons (Fsp3) is 0.276. The Hall–Kier alpha value is -4.43. The van der Waals surface area contributed by atoms with Crippen molar-refractivity contribution in [2.75, 3.05) is 0 Å². The van der Waals surface area contributed by atoms with Gasteiger partial charge in [0.25, 0.3) is 5.56 Å². The molecule has 0 aliphatic carbocycles. The van der Waals surface area contributed by atoms with E-state index >= 15 is 0 Å². The van der Waals surface area contributed by atoms with Crippen molar-refractivity contribution >= 4 is 9.84 Å². The van der Waals surface area contributed by atoms with Gasteiger partial charge >= 0.3 is 0 Å². The largest absolute Gasteiger partial charge is 0.493 e. The van der Waals surface area contributed by atoms with Crippen molar-refractivity contribution in [3.8, 4) is 23.1 Å². The van der Waals surface area contributed by atoms with Crippen LogP contribution in [0.15, 0.2) is 69.4 Å². The molecule has 9 nitrogen and oxygen atoms in total. The average molecular weight is 562 g/mol. The number of rotatable bonds is 9. The molecule has 40 heavy (non-hydrogen) atoms. The number of aromatic nitrogens is 4. The Bertz CT molecular complexity index is 1760. The van der Waals surface area contributed by atoms with Crippen LogP contribution in [0.25, 0.3) is 11.1 Å². The number of benzene rings is 1. The van der Waals surface area contributed by atoms with Gasteiger partial charge in [0.05, 0.1) is 17.7 Å². The van der Waals surface area contributed by atoms with Gasteiger partial charge in [0.2, 0.25) is 26.6 Å². The summed E-state index contributed by atoms with van der Waals surface area (Å²) >= 11 is 0. The summed E-state index contributed by atoms with van der Waals surface area (Å²) in [6.45, 7) is 5.44. The number of hydrogen-bond acceptors (Lipinski definition) is 8. The molecule has 0 unspecified atom stereocenters. The number of unbranched alkanes of at least 4 members (excludes halogenated alkanes) is 1. The Balaban J connectivity index is 1.87. The van der Waals surface area contributed by atoms with Crippen LogP contribution in [0.2, 0.25) is 0 Å². The van der Waals surface area contributed by atoms with Crippen LogP contribution in [-0.4, -0.2) is 33.0 Å². The maximum atomic E-state index is 13.7. The molecule has 0 radical (unpaired) electrons. The van der Waals surface area contributed by atoms with Gasteiger partial charge in [-0.2, -0.15) is 14.6 Å². The summed E-state index contributed by atoms with van der Waals surface area (Å²) in [7, 11) is -4.60. The molecule has 1 atom stereocenters. The number of nitrogens with zero attached hydrogens (tertiary/aromatic N) is 5. The van der Waals surface area contributed by atoms with Crippen LogP contribution in [0, 0.1) is 24.2 Å². The topological polar surface area (TPSA) is 139 Å². The van der Waals surface area contributed by atoms with Crippen LogP contribution in [0.3, 0.4) is 0 Å². The molecule has 1 N–H and O–H groups in total. The molecule has 0 saturated heterocycles. The standard InChI is InChI=1S/C29H28FN5O4S/c1-4-6-10-25-34-28(36)27(29(37)35(25)23(5-2)20-9-7-8-19(15-20)16-31)40(38,39)26-14-11-21(17-32-26)22-12-13-24(30)33-18(22)3/h7-9,11-15,17,23,37H,4-6,10H2,1-3H3/t23-/m0/s1. The third-order valence-electron chi connectivity index (χ3n) is 6.63. The lowest BCUT2D eigenvalue weighted by atomic mass is 10.0. The van der Waals surface area contributed by atoms with Crippen molar-refractivity contribution in [3.63, 3.8) is 0 Å². The normalized spacial score (nSPS) is 12.2. The lowest BCUT2D eigenvalue weighted by Crippen LogP contribution is -2.27. The first-order valence-corrected chi connectivity index (χ1v) is 14.3. The van der Waals surface area contributed by atoms with Crippen molar-refractivity contribution in [2.24, 2.45) is 0 Å². The number of aromatic hydroxyl groups is 1. The molecule has 0 spiro atoms. The number of hydrogen-bond donors (Lipinski definition) is 1. The second kappa shape index (κ2) is 11.8. The van der Waals surface area contributed by atoms with Crippen molar-refractivity contribution in [3.05, 3.63) is 93.7 Å². The van der Waals surface area contributed by atoms with E-state index in [0.29, 0.717) is 47.2 Å². The molecule has 0 fully saturated rings. The minimum absolute atomic E-state index is 0.250. The van der Waals surface area contributed by atoms with Crippen LogP contribution in [0.5, 0.6) is 5.88 Å². The van der Waals surface area contributed by atoms with Gasteiger partial charge in [0.1, 0.15) is 5.82 Å². The molecular weight excluding hydrogens is 533 g/mol. The van der Waals surface area contributed by atoms with Crippen molar-refractivity contribution in [1.82, 2.24) is 19.5 Å². The van der Waals surface area contributed by atoms with Gasteiger partial charge in [-0.3, -0.25) is 9.36 Å². The van der Waals surface area contributed by atoms with Gasteiger partial charge in [-0.1, -0.05) is 32.4 Å². The third kappa shape index (κ3) is 5.49. The van der Waals surface area contributed by atoms with E-state index in [-0.39, 0.29) is 5.82 Å². The molecule has 4 aromatic rings. The van der Waals surface area contributed by atoms with E-state index in [4.69, 9.17) is 0 Å². The van der Waals surface area contributed by atoms with Gasteiger partial charge in [-0.05, 0) is 61.7 Å². The predicted octanol–water partition coefficient (Wildman–Crippen LogP) is 4.90. The number of aryl methyl sites for hydroxylation is 2. The lowest BCUT2D eigenvalue weighted by Gasteiger charge is -2.25. The molecular formula is C29H28FN5O4S. The molecule has 0 aliphatic heterocycles. The zero-order valence-electron chi connectivity index (χ0n) is 22.3. The molecule has 206 valence electrons. The van der Waals surface area contributed by atoms with E-state index in [1.165, 1.54) is 35.0 Å². The summed E-state index contributed by atoms with van der Waals surface area (Å²) in [5.74, 6) is -1.12. The Kier molecular flexibility index (Phi) is 8.40. The predicted molar refractivity (Wildman–Crippen MR) is 146 cm³/mol. The summed E-state index contributed by atoms with van der Waals surface area (Å²) in [5, 5.41) is 20.4. The maximum absolute atomic E-state index is 13.7. The van der Waals surface area contributed by atoms with Crippen LogP contribution < -0.4 is 5.56 Å². The Morgan fingerprint density at radius 2 is 1.90 bits per heavy atom. The smallest absolute Gasteiger partial charge is 0.296 e. The fourth-order valence-corrected chi connectivity index (χ4v) is 5.91. The summed E-state index contributed by atoms with van der Waals surface area (Å²) in [5.41, 5.74) is 1.45. The van der Waals surface area contributed by atoms with Gasteiger partial charge in [-0.15, -0.1) is 0 Å². The van der Waals surface area contributed by atoms with E-state index in [0.717, 1.165) is 6.42 Å². The Labute approximate surface area is 231 Å². The van der Waals surface area contributed by atoms with Crippen molar-refractivity contribution < 1.29 is 17.9 Å². The highest BCUT2D eigenvalue weighted by Gasteiger charge is 2.32. The van der Waals surface area contributed by atoms with Gasteiger partial charge in [-0.25, -0.2) is 18.4 Å². The molecule has 0 amide bonds. The molecule has 3 heterocycles. The summed E-state index contributed by atoms with van der Waals surface area (Å²) in [6.07, 6.45) is 3.50. The molecule has 0 aliphatic rings. The summed E-state index contributed by atoms with van der Waals surface area (Å²) in [4.78, 5) is 24.2. The highest BCUT2D eigenvalue weighted by molar-refractivity contribution is 7.91. The van der Waals surface area contributed by atoms with E-state index in [2.05, 4.69) is 21.0 Å². The molecule has 0 bridgehead atoms. The minimum Gasteiger partial charge on any atom is -0.493 e. The Morgan fingerprint density at radius 3 is 2.52 bits per heavy atom. The zero-order chi connectivity index (χ0) is 29.0. The molecule has 0 saturated carbocycles. The first-order valence-electron chi connectivity index (χ1n) is 12.8. The van der Waals surface area contributed by atoms with Crippen LogP contribution in [0.4, 0.5) is 4.39 Å². The quantitative estimate of drug-likeness (QED) is 0.285. The summed E-state index contributed by atoms with van der Waals surface area (Å²) in [6, 6.07) is 13.7. The van der Waals surface area contributed by atoms with Crippen LogP contribution >= 0.6 is 0 Å². The molecule has 4 rings (SSSR count). The highest BCUT2D eigenvalue weighted by Crippen LogP contribution is 2.33. The molecule has 1 aromatic carbocycles. The highest BCUT2D eigenvalue weighted by atomic mass is 32.2. The third-order valence-corrected chi connectivity index (χ3v) is 8.32. The van der Waals surface area contributed by atoms with Gasteiger partial charge in [0.15, 0.2) is 5.03 Å². The monoisotopic (exact) mass is 561 g/mol. The Morgan fingerprint density at radius 1 is 1.12 bits per heavy atom. The number of halogens is 1. The minimum atomic E-state index is -4.60. The van der Waals surface area contributed by atoms with Gasteiger partial charge in [0, 0.05) is 29.4 Å². The van der Waals surface area contributed by atoms with Crippen molar-refractivity contribution in [2.45, 2.75) is 62.4 Å². The van der Waals surface area contributed by atoms with Crippen molar-refractivity contribution in [1.29, 1.82) is 5.26 Å². The first kappa shape index (κ1) is 28.6. The number of pyridine rings is 2. The van der Waals surface area contributed by atoms with E-state index in [1.54, 1.807) is 31.2 Å². The van der Waals surface area contributed by atoms with Crippen LogP contribution in [-0.2, 0) is 16.3 Å². The number of sulfone groups is 1. The maximum Gasteiger partial charge on any atom is 0.296 e. The lowest BCUT2D eigenvalue weighted by molar-refractivity contribution is 0.358. The zero-order valence-corrected chi connectivity index (χ0v) is 23.1. The second-order valence-corrected chi connectivity index (χ2v) is 11.1. The molecule has 3 aromatic heterocycles. The average Bonchev–Trinajstić information content (AvgIpc) is 2.93. The number of nitriles is 1. The first-order chi connectivity index (χ1) is 19.1. The van der Waals surface area contributed by atoms with Crippen LogP contribution in [0.1, 0.15) is 61.8 Å². The van der Waals surface area contributed by atoms with E-state index in [9.17, 15) is 28.0 Å². The fourth-order valence-electron chi connectivity index (χ4n) is 4.64. The van der Waals surface area contributed by atoms with E-state index < -0.39 is 43.2 Å². The SMILES string of the molecule is CCCCc1nc(=O)c(S(=O)(=O)c2ccc(-c3ccc(F)nc3C)cn2)c(O)n1[C@@H](CC)c1cccc(C#N)c1. The van der Waals surface area contributed by atoms with E-state index in [1.807, 2.05) is 13.8 Å².